The summed E-state index contributed by atoms with van der Waals surface area (Å²) in [5.74, 6) is -0.184. The molecule has 9 heteroatoms. The van der Waals surface area contributed by atoms with Crippen LogP contribution in [0, 0.1) is 6.92 Å². The van der Waals surface area contributed by atoms with Crippen LogP contribution in [-0.2, 0) is 11.2 Å². The van der Waals surface area contributed by atoms with E-state index in [0.29, 0.717) is 10.9 Å². The van der Waals surface area contributed by atoms with Crippen molar-refractivity contribution in [3.63, 3.8) is 0 Å². The molecule has 0 unspecified atom stereocenters. The zero-order valence-electron chi connectivity index (χ0n) is 13.8. The summed E-state index contributed by atoms with van der Waals surface area (Å²) in [4.78, 5) is 27.4. The fourth-order valence-corrected chi connectivity index (χ4v) is 2.75. The molecule has 0 bridgehead atoms. The van der Waals surface area contributed by atoms with E-state index in [0.717, 1.165) is 10.6 Å². The molecule has 3 rings (SSSR count). The summed E-state index contributed by atoms with van der Waals surface area (Å²) in [5, 5.41) is 11.7. The molecule has 8 nitrogen and oxygen atoms in total. The minimum Gasteiger partial charge on any atom is -0.438 e. The van der Waals surface area contributed by atoms with Crippen LogP contribution in [0.5, 0.6) is 11.6 Å². The molecule has 132 valence electrons. The number of ether oxygens (including phenoxy) is 1. The molecule has 0 atom stereocenters. The number of pyridine rings is 1. The van der Waals surface area contributed by atoms with E-state index >= 15 is 0 Å². The monoisotopic (exact) mass is 369 g/mol. The van der Waals surface area contributed by atoms with Crippen LogP contribution in [0.1, 0.15) is 20.9 Å². The van der Waals surface area contributed by atoms with E-state index in [1.54, 1.807) is 36.4 Å². The third-order valence-electron chi connectivity index (χ3n) is 3.31. The number of aryl methyl sites for hydroxylation is 1. The Morgan fingerprint density at radius 2 is 1.96 bits per heavy atom. The molecule has 0 fully saturated rings. The van der Waals surface area contributed by atoms with Crippen LogP contribution in [0.3, 0.4) is 0 Å². The first-order chi connectivity index (χ1) is 12.5. The molecule has 3 aromatic rings. The molecule has 0 aliphatic heterocycles. The van der Waals surface area contributed by atoms with Gasteiger partial charge in [0, 0.05) is 6.20 Å². The first-order valence-electron chi connectivity index (χ1n) is 7.63. The van der Waals surface area contributed by atoms with Gasteiger partial charge in [0.1, 0.15) is 16.3 Å². The number of carbonyl (C=O) groups excluding carboxylic acids is 2. The number of hydrogen-bond acceptors (Lipinski definition) is 7. The van der Waals surface area contributed by atoms with Crippen molar-refractivity contribution < 1.29 is 14.3 Å². The number of nitrogens with two attached hydrogens (primary N) is 1. The highest BCUT2D eigenvalue weighted by Gasteiger charge is 2.11. The highest BCUT2D eigenvalue weighted by molar-refractivity contribution is 7.15. The highest BCUT2D eigenvalue weighted by atomic mass is 32.1. The Kier molecular flexibility index (Phi) is 5.18. The van der Waals surface area contributed by atoms with E-state index < -0.39 is 5.91 Å². The molecule has 2 heterocycles. The van der Waals surface area contributed by atoms with Crippen LogP contribution in [-0.4, -0.2) is 27.0 Å². The lowest BCUT2D eigenvalue weighted by atomic mass is 10.1. The van der Waals surface area contributed by atoms with Gasteiger partial charge < -0.3 is 15.8 Å². The fourth-order valence-electron chi connectivity index (χ4n) is 2.14. The first-order valence-corrected chi connectivity index (χ1v) is 8.44. The van der Waals surface area contributed by atoms with Crippen molar-refractivity contribution in [1.29, 1.82) is 0 Å². The van der Waals surface area contributed by atoms with Gasteiger partial charge in [-0.05, 0) is 36.8 Å². The Balaban J connectivity index is 1.63. The second-order valence-corrected chi connectivity index (χ2v) is 6.50. The number of nitrogens with one attached hydrogen (secondary N) is 1. The second kappa shape index (κ2) is 7.70. The Morgan fingerprint density at radius 1 is 1.19 bits per heavy atom. The molecule has 0 radical (unpaired) electrons. The Hall–Kier alpha value is -3.33. The lowest BCUT2D eigenvalue weighted by Crippen LogP contribution is -2.14. The van der Waals surface area contributed by atoms with Crippen molar-refractivity contribution in [3.8, 4) is 11.6 Å². The number of benzene rings is 1. The molecular weight excluding hydrogens is 354 g/mol. The van der Waals surface area contributed by atoms with Crippen molar-refractivity contribution in [3.05, 3.63) is 58.7 Å². The van der Waals surface area contributed by atoms with Crippen molar-refractivity contribution in [2.24, 2.45) is 5.73 Å². The first kappa shape index (κ1) is 17.5. The number of aromatic nitrogens is 3. The number of carbonyl (C=O) groups is 2. The topological polar surface area (TPSA) is 120 Å². The molecule has 3 N–H and O–H groups in total. The largest absolute Gasteiger partial charge is 0.438 e. The summed E-state index contributed by atoms with van der Waals surface area (Å²) in [6.07, 6.45) is 1.70. The van der Waals surface area contributed by atoms with Gasteiger partial charge in [0.05, 0.1) is 6.42 Å². The molecule has 2 amide bonds. The minimum absolute atomic E-state index is 0.136. The average molecular weight is 369 g/mol. The summed E-state index contributed by atoms with van der Waals surface area (Å²) in [6, 6.07) is 10.0. The lowest BCUT2D eigenvalue weighted by Gasteiger charge is -2.08. The van der Waals surface area contributed by atoms with Crippen LogP contribution in [0.15, 0.2) is 42.6 Å². The summed E-state index contributed by atoms with van der Waals surface area (Å²) in [5.41, 5.74) is 6.30. The van der Waals surface area contributed by atoms with Crippen LogP contribution >= 0.6 is 11.3 Å². The fraction of sp³-hybridized carbons (Fsp3) is 0.118. The van der Waals surface area contributed by atoms with Gasteiger partial charge in [-0.2, -0.15) is 0 Å². The summed E-state index contributed by atoms with van der Waals surface area (Å²) >= 11 is 1.32. The van der Waals surface area contributed by atoms with Gasteiger partial charge in [-0.1, -0.05) is 23.5 Å². The summed E-state index contributed by atoms with van der Waals surface area (Å²) in [7, 11) is 0. The molecule has 0 aliphatic rings. The summed E-state index contributed by atoms with van der Waals surface area (Å²) < 4.78 is 5.60. The molecule has 0 saturated heterocycles. The van der Waals surface area contributed by atoms with E-state index in [1.807, 2.05) is 6.92 Å². The van der Waals surface area contributed by atoms with Gasteiger partial charge >= 0.3 is 0 Å². The van der Waals surface area contributed by atoms with Crippen molar-refractivity contribution >= 4 is 28.3 Å². The molecule has 0 spiro atoms. The van der Waals surface area contributed by atoms with Crippen LogP contribution in [0.25, 0.3) is 0 Å². The smallest absolute Gasteiger partial charge is 0.254 e. The Morgan fingerprint density at radius 3 is 2.62 bits per heavy atom. The van der Waals surface area contributed by atoms with E-state index in [9.17, 15) is 9.59 Å². The normalized spacial score (nSPS) is 10.3. The quantitative estimate of drug-likeness (QED) is 0.688. The number of amides is 2. The minimum atomic E-state index is -0.617. The average Bonchev–Trinajstić information content (AvgIpc) is 3.01. The maximum absolute atomic E-state index is 12.0. The number of rotatable bonds is 6. The molecule has 0 aliphatic carbocycles. The molecule has 2 aromatic heterocycles. The predicted octanol–water partition coefficient (Wildman–Crippen LogP) is 2.31. The van der Waals surface area contributed by atoms with Gasteiger partial charge in [-0.15, -0.1) is 10.2 Å². The predicted molar refractivity (Wildman–Crippen MR) is 96.3 cm³/mol. The second-order valence-electron chi connectivity index (χ2n) is 5.32. The summed E-state index contributed by atoms with van der Waals surface area (Å²) in [6.45, 7) is 1.82. The van der Waals surface area contributed by atoms with Crippen molar-refractivity contribution in [1.82, 2.24) is 15.2 Å². The third kappa shape index (κ3) is 4.39. The number of nitrogens with zero attached hydrogens (tertiary/aromatic N) is 3. The maximum Gasteiger partial charge on any atom is 0.254 e. The highest BCUT2D eigenvalue weighted by Crippen LogP contribution is 2.23. The molecular formula is C17H15N5O3S. The van der Waals surface area contributed by atoms with E-state index in [-0.39, 0.29) is 23.8 Å². The van der Waals surface area contributed by atoms with Gasteiger partial charge in [-0.3, -0.25) is 9.59 Å². The maximum atomic E-state index is 12.0. The number of primary amides is 1. The van der Waals surface area contributed by atoms with Gasteiger partial charge in [0.2, 0.25) is 16.9 Å². The number of hydrogen-bond donors (Lipinski definition) is 2. The zero-order valence-corrected chi connectivity index (χ0v) is 14.6. The van der Waals surface area contributed by atoms with Crippen LogP contribution < -0.4 is 15.8 Å². The molecule has 0 saturated carbocycles. The Labute approximate surface area is 153 Å². The lowest BCUT2D eigenvalue weighted by molar-refractivity contribution is -0.115. The molecule has 26 heavy (non-hydrogen) atoms. The van der Waals surface area contributed by atoms with Gasteiger partial charge in [0.15, 0.2) is 0 Å². The van der Waals surface area contributed by atoms with E-state index in [2.05, 4.69) is 20.5 Å². The standard InChI is InChI=1S/C17H15N5O3S/c1-10-21-22-17(26-10)20-14(23)9-11-4-6-12(7-5-11)25-16-13(15(18)24)3-2-8-19-16/h2-8H,9H2,1H3,(H2,18,24)(H,20,22,23). The van der Waals surface area contributed by atoms with Gasteiger partial charge in [0.25, 0.3) is 5.91 Å². The van der Waals surface area contributed by atoms with Crippen molar-refractivity contribution in [2.45, 2.75) is 13.3 Å². The molecule has 1 aromatic carbocycles. The van der Waals surface area contributed by atoms with E-state index in [4.69, 9.17) is 10.5 Å². The van der Waals surface area contributed by atoms with Crippen LogP contribution in [0.4, 0.5) is 5.13 Å². The number of anilines is 1. The van der Waals surface area contributed by atoms with Gasteiger partial charge in [-0.25, -0.2) is 4.98 Å². The Bertz CT molecular complexity index is 940. The SMILES string of the molecule is Cc1nnc(NC(=O)Cc2ccc(Oc3ncccc3C(N)=O)cc2)s1. The van der Waals surface area contributed by atoms with Crippen LogP contribution in [0.2, 0.25) is 0 Å². The third-order valence-corrected chi connectivity index (χ3v) is 4.07. The zero-order chi connectivity index (χ0) is 18.5. The van der Waals surface area contributed by atoms with Crippen molar-refractivity contribution in [2.75, 3.05) is 5.32 Å². The van der Waals surface area contributed by atoms with E-state index in [1.165, 1.54) is 17.5 Å².